The Morgan fingerprint density at radius 1 is 1.44 bits per heavy atom. The van der Waals surface area contributed by atoms with Gasteiger partial charge in [0.25, 0.3) is 0 Å². The first kappa shape index (κ1) is 13.5. The van der Waals surface area contributed by atoms with Gasteiger partial charge in [0.15, 0.2) is 0 Å². The molecule has 1 saturated heterocycles. The number of hydrogen-bond donors (Lipinski definition) is 1. The maximum atomic E-state index is 11.6. The second-order valence-corrected chi connectivity index (χ2v) is 4.74. The van der Waals surface area contributed by atoms with Crippen molar-refractivity contribution in [3.63, 3.8) is 0 Å². The topological polar surface area (TPSA) is 49.8 Å². The van der Waals surface area contributed by atoms with Gasteiger partial charge in [-0.05, 0) is 39.7 Å². The lowest BCUT2D eigenvalue weighted by Gasteiger charge is -2.45. The molecule has 4 heteroatoms. The van der Waals surface area contributed by atoms with Crippen LogP contribution in [0, 0.1) is 0 Å². The molecule has 0 aromatic rings. The third kappa shape index (κ3) is 2.55. The molecule has 1 aliphatic rings. The molecule has 4 nitrogen and oxygen atoms in total. The van der Waals surface area contributed by atoms with E-state index in [0.29, 0.717) is 26.1 Å². The van der Waals surface area contributed by atoms with Crippen LogP contribution < -0.4 is 0 Å². The van der Waals surface area contributed by atoms with Crippen LogP contribution in [0.5, 0.6) is 0 Å². The van der Waals surface area contributed by atoms with Crippen LogP contribution in [0.2, 0.25) is 0 Å². The summed E-state index contributed by atoms with van der Waals surface area (Å²) in [5, 5.41) is 9.54. The van der Waals surface area contributed by atoms with Gasteiger partial charge >= 0.3 is 5.97 Å². The van der Waals surface area contributed by atoms with E-state index in [0.717, 1.165) is 13.0 Å². The summed E-state index contributed by atoms with van der Waals surface area (Å²) in [7, 11) is 0. The zero-order valence-electron chi connectivity index (χ0n) is 10.5. The summed E-state index contributed by atoms with van der Waals surface area (Å²) in [6, 6.07) is 0.258. The summed E-state index contributed by atoms with van der Waals surface area (Å²) in [5.41, 5.74) is -0.706. The standard InChI is InChI=1S/C12H23NO3/c1-4-7-13(10(2)3)12(11(14)15)5-8-16-9-6-12/h10H,4-9H2,1-3H3,(H,14,15). The number of carboxylic acid groups (broad SMARTS) is 1. The van der Waals surface area contributed by atoms with Crippen molar-refractivity contribution < 1.29 is 14.6 Å². The Morgan fingerprint density at radius 3 is 2.38 bits per heavy atom. The molecule has 1 heterocycles. The van der Waals surface area contributed by atoms with Crippen LogP contribution in [0.15, 0.2) is 0 Å². The van der Waals surface area contributed by atoms with Crippen LogP contribution >= 0.6 is 0 Å². The number of aliphatic carboxylic acids is 1. The van der Waals surface area contributed by atoms with E-state index in [9.17, 15) is 9.90 Å². The van der Waals surface area contributed by atoms with Crippen molar-refractivity contribution in [1.82, 2.24) is 4.90 Å². The molecule has 1 aliphatic heterocycles. The van der Waals surface area contributed by atoms with Gasteiger partial charge in [-0.25, -0.2) is 0 Å². The predicted molar refractivity (Wildman–Crippen MR) is 62.6 cm³/mol. The van der Waals surface area contributed by atoms with E-state index in [1.54, 1.807) is 0 Å². The number of hydrogen-bond acceptors (Lipinski definition) is 3. The molecule has 1 N–H and O–H groups in total. The lowest BCUT2D eigenvalue weighted by Crippen LogP contribution is -2.60. The monoisotopic (exact) mass is 229 g/mol. The van der Waals surface area contributed by atoms with Crippen LogP contribution in [-0.4, -0.2) is 47.3 Å². The molecule has 0 aromatic heterocycles. The largest absolute Gasteiger partial charge is 0.480 e. The summed E-state index contributed by atoms with van der Waals surface area (Å²) >= 11 is 0. The molecule has 0 aliphatic carbocycles. The van der Waals surface area contributed by atoms with Crippen LogP contribution in [0.3, 0.4) is 0 Å². The average molecular weight is 229 g/mol. The third-order valence-electron chi connectivity index (χ3n) is 3.36. The summed E-state index contributed by atoms with van der Waals surface area (Å²) in [6.07, 6.45) is 2.18. The van der Waals surface area contributed by atoms with Gasteiger partial charge in [-0.3, -0.25) is 9.69 Å². The van der Waals surface area contributed by atoms with E-state index in [-0.39, 0.29) is 6.04 Å². The number of ether oxygens (including phenoxy) is 1. The molecule has 0 bridgehead atoms. The Morgan fingerprint density at radius 2 is 2.00 bits per heavy atom. The van der Waals surface area contributed by atoms with E-state index >= 15 is 0 Å². The van der Waals surface area contributed by atoms with Gasteiger partial charge in [0.2, 0.25) is 0 Å². The molecule has 0 aromatic carbocycles. The van der Waals surface area contributed by atoms with Crippen molar-refractivity contribution in [2.24, 2.45) is 0 Å². The highest BCUT2D eigenvalue weighted by atomic mass is 16.5. The fourth-order valence-electron chi connectivity index (χ4n) is 2.54. The van der Waals surface area contributed by atoms with Crippen LogP contribution in [-0.2, 0) is 9.53 Å². The molecular formula is C12H23NO3. The minimum absolute atomic E-state index is 0.258. The molecule has 1 fully saturated rings. The van der Waals surface area contributed by atoms with Gasteiger partial charge < -0.3 is 9.84 Å². The van der Waals surface area contributed by atoms with Gasteiger partial charge in [-0.2, -0.15) is 0 Å². The number of carbonyl (C=O) groups is 1. The fourth-order valence-corrected chi connectivity index (χ4v) is 2.54. The summed E-state index contributed by atoms with van der Waals surface area (Å²) < 4.78 is 5.29. The molecule has 0 atom stereocenters. The molecule has 1 rings (SSSR count). The van der Waals surface area contributed by atoms with Crippen molar-refractivity contribution >= 4 is 5.97 Å². The zero-order chi connectivity index (χ0) is 12.2. The third-order valence-corrected chi connectivity index (χ3v) is 3.36. The highest BCUT2D eigenvalue weighted by Gasteiger charge is 2.45. The fraction of sp³-hybridized carbons (Fsp3) is 0.917. The molecule has 0 radical (unpaired) electrons. The molecule has 0 amide bonds. The minimum atomic E-state index is -0.706. The van der Waals surface area contributed by atoms with Gasteiger partial charge in [0, 0.05) is 19.3 Å². The second-order valence-electron chi connectivity index (χ2n) is 4.74. The minimum Gasteiger partial charge on any atom is -0.480 e. The number of rotatable bonds is 5. The lowest BCUT2D eigenvalue weighted by atomic mass is 9.86. The number of nitrogens with zero attached hydrogens (tertiary/aromatic N) is 1. The first-order valence-corrected chi connectivity index (χ1v) is 6.12. The number of carboxylic acids is 1. The Kier molecular flexibility index (Phi) is 4.74. The molecule has 16 heavy (non-hydrogen) atoms. The molecule has 94 valence electrons. The average Bonchev–Trinajstić information content (AvgIpc) is 2.26. The molecular weight excluding hydrogens is 206 g/mol. The van der Waals surface area contributed by atoms with E-state index in [4.69, 9.17) is 4.74 Å². The molecule has 0 saturated carbocycles. The van der Waals surface area contributed by atoms with Crippen LogP contribution in [0.4, 0.5) is 0 Å². The Labute approximate surface area is 97.6 Å². The zero-order valence-corrected chi connectivity index (χ0v) is 10.5. The van der Waals surface area contributed by atoms with Crippen molar-refractivity contribution in [2.45, 2.75) is 51.6 Å². The summed E-state index contributed by atoms with van der Waals surface area (Å²) in [6.45, 7) is 8.16. The first-order valence-electron chi connectivity index (χ1n) is 6.12. The highest BCUT2D eigenvalue weighted by Crippen LogP contribution is 2.30. The Hall–Kier alpha value is -0.610. The van der Waals surface area contributed by atoms with E-state index in [1.807, 2.05) is 0 Å². The SMILES string of the molecule is CCCN(C(C)C)C1(C(=O)O)CCOCC1. The van der Waals surface area contributed by atoms with Crippen molar-refractivity contribution in [3.05, 3.63) is 0 Å². The smallest absolute Gasteiger partial charge is 0.324 e. The maximum Gasteiger partial charge on any atom is 0.324 e. The van der Waals surface area contributed by atoms with Crippen molar-refractivity contribution in [2.75, 3.05) is 19.8 Å². The van der Waals surface area contributed by atoms with Crippen LogP contribution in [0.1, 0.15) is 40.0 Å². The van der Waals surface area contributed by atoms with Gasteiger partial charge in [0.05, 0.1) is 0 Å². The molecule has 0 spiro atoms. The van der Waals surface area contributed by atoms with E-state index < -0.39 is 11.5 Å². The Bertz CT molecular complexity index is 234. The molecule has 0 unspecified atom stereocenters. The quantitative estimate of drug-likeness (QED) is 0.780. The Balaban J connectivity index is 2.92. The first-order chi connectivity index (χ1) is 7.54. The van der Waals surface area contributed by atoms with E-state index in [1.165, 1.54) is 0 Å². The summed E-state index contributed by atoms with van der Waals surface area (Å²) in [4.78, 5) is 13.7. The second kappa shape index (κ2) is 5.64. The van der Waals surface area contributed by atoms with Crippen LogP contribution in [0.25, 0.3) is 0 Å². The van der Waals surface area contributed by atoms with Crippen molar-refractivity contribution in [1.29, 1.82) is 0 Å². The van der Waals surface area contributed by atoms with Gasteiger partial charge in [-0.15, -0.1) is 0 Å². The normalized spacial score (nSPS) is 20.3. The van der Waals surface area contributed by atoms with E-state index in [2.05, 4.69) is 25.7 Å². The lowest BCUT2D eigenvalue weighted by molar-refractivity contribution is -0.161. The predicted octanol–water partition coefficient (Wildman–Crippen LogP) is 1.74. The summed E-state index contributed by atoms with van der Waals surface area (Å²) in [5.74, 6) is -0.696. The van der Waals surface area contributed by atoms with Gasteiger partial charge in [0.1, 0.15) is 5.54 Å². The maximum absolute atomic E-state index is 11.6. The highest BCUT2D eigenvalue weighted by molar-refractivity contribution is 5.79. The van der Waals surface area contributed by atoms with Gasteiger partial charge in [-0.1, -0.05) is 6.92 Å². The van der Waals surface area contributed by atoms with Crippen molar-refractivity contribution in [3.8, 4) is 0 Å².